The highest BCUT2D eigenvalue weighted by atomic mass is 127. The molecule has 0 saturated heterocycles. The van der Waals surface area contributed by atoms with E-state index in [1.165, 1.54) is 29.8 Å². The van der Waals surface area contributed by atoms with Crippen LogP contribution in [-0.4, -0.2) is 41.3 Å². The van der Waals surface area contributed by atoms with Crippen molar-refractivity contribution in [1.82, 2.24) is 20.4 Å². The molecule has 9 heteroatoms. The van der Waals surface area contributed by atoms with Crippen molar-refractivity contribution in [3.63, 3.8) is 0 Å². The van der Waals surface area contributed by atoms with Crippen LogP contribution in [0.2, 0.25) is 0 Å². The topological polar surface area (TPSA) is 83.3 Å². The first-order valence-corrected chi connectivity index (χ1v) is 8.81. The molecule has 2 rings (SSSR count). The van der Waals surface area contributed by atoms with Crippen molar-refractivity contribution in [2.45, 2.75) is 33.2 Å². The van der Waals surface area contributed by atoms with Crippen molar-refractivity contribution in [1.29, 1.82) is 0 Å². The molecule has 1 atom stereocenters. The first-order valence-electron chi connectivity index (χ1n) is 8.81. The lowest BCUT2D eigenvalue weighted by Crippen LogP contribution is -2.45. The summed E-state index contributed by atoms with van der Waals surface area (Å²) in [4.78, 5) is 16.2. The molecule has 3 N–H and O–H groups in total. The SMILES string of the molecule is CN=C(NCC(=O)Nc1ccc(F)cc1)NC(C)Cc1c(C)nn(C)c1C.I. The third-order valence-electron chi connectivity index (χ3n) is 4.32. The Kier molecular flexibility index (Phi) is 9.36. The molecule has 0 aliphatic rings. The number of carbonyl (C=O) groups is 1. The largest absolute Gasteiger partial charge is 0.354 e. The number of amides is 1. The van der Waals surface area contributed by atoms with Gasteiger partial charge in [-0.1, -0.05) is 0 Å². The Morgan fingerprint density at radius 2 is 1.93 bits per heavy atom. The van der Waals surface area contributed by atoms with Crippen molar-refractivity contribution in [3.05, 3.63) is 47.0 Å². The second-order valence-electron chi connectivity index (χ2n) is 6.50. The molecular weight excluding hydrogens is 474 g/mol. The number of aryl methyl sites for hydroxylation is 2. The fourth-order valence-electron chi connectivity index (χ4n) is 2.80. The van der Waals surface area contributed by atoms with E-state index in [-0.39, 0.29) is 48.3 Å². The molecule has 1 aromatic heterocycles. The van der Waals surface area contributed by atoms with E-state index in [0.29, 0.717) is 11.6 Å². The van der Waals surface area contributed by atoms with Crippen LogP contribution in [0.4, 0.5) is 10.1 Å². The van der Waals surface area contributed by atoms with E-state index in [2.05, 4.69) is 39.9 Å². The van der Waals surface area contributed by atoms with Gasteiger partial charge in [0.05, 0.1) is 12.2 Å². The summed E-state index contributed by atoms with van der Waals surface area (Å²) in [7, 11) is 3.59. The molecule has 0 bridgehead atoms. The first-order chi connectivity index (χ1) is 12.8. The Hall–Kier alpha value is -2.17. The molecule has 1 unspecified atom stereocenters. The van der Waals surface area contributed by atoms with Gasteiger partial charge in [-0.25, -0.2) is 4.39 Å². The number of hydrogen-bond acceptors (Lipinski definition) is 3. The Bertz CT molecular complexity index is 819. The summed E-state index contributed by atoms with van der Waals surface area (Å²) in [5.41, 5.74) is 3.91. The second-order valence-corrected chi connectivity index (χ2v) is 6.50. The van der Waals surface area contributed by atoms with Gasteiger partial charge >= 0.3 is 0 Å². The average molecular weight is 502 g/mol. The number of aromatic nitrogens is 2. The maximum Gasteiger partial charge on any atom is 0.243 e. The summed E-state index contributed by atoms with van der Waals surface area (Å²) in [5, 5.41) is 13.4. The Morgan fingerprint density at radius 3 is 2.46 bits per heavy atom. The molecule has 0 fully saturated rings. The predicted molar refractivity (Wildman–Crippen MR) is 121 cm³/mol. The third kappa shape index (κ3) is 6.77. The number of nitrogens with one attached hydrogen (secondary N) is 3. The fourth-order valence-corrected chi connectivity index (χ4v) is 2.80. The van der Waals surface area contributed by atoms with Crippen LogP contribution in [-0.2, 0) is 18.3 Å². The van der Waals surface area contributed by atoms with Gasteiger partial charge in [0.15, 0.2) is 5.96 Å². The Labute approximate surface area is 182 Å². The monoisotopic (exact) mass is 502 g/mol. The molecule has 0 radical (unpaired) electrons. The van der Waals surface area contributed by atoms with Crippen LogP contribution >= 0.6 is 24.0 Å². The summed E-state index contributed by atoms with van der Waals surface area (Å²) in [5.74, 6) is -0.0454. The van der Waals surface area contributed by atoms with Crippen LogP contribution in [0.25, 0.3) is 0 Å². The van der Waals surface area contributed by atoms with E-state index in [4.69, 9.17) is 0 Å². The number of benzene rings is 1. The van der Waals surface area contributed by atoms with Crippen LogP contribution in [0, 0.1) is 19.7 Å². The van der Waals surface area contributed by atoms with Crippen molar-refractivity contribution in [3.8, 4) is 0 Å². The second kappa shape index (κ2) is 11.0. The van der Waals surface area contributed by atoms with Gasteiger partial charge in [0.25, 0.3) is 0 Å². The van der Waals surface area contributed by atoms with Crippen molar-refractivity contribution < 1.29 is 9.18 Å². The third-order valence-corrected chi connectivity index (χ3v) is 4.32. The van der Waals surface area contributed by atoms with E-state index in [0.717, 1.165) is 17.8 Å². The van der Waals surface area contributed by atoms with Gasteiger partial charge in [-0.3, -0.25) is 14.5 Å². The summed E-state index contributed by atoms with van der Waals surface area (Å²) < 4.78 is 14.8. The first kappa shape index (κ1) is 23.9. The number of hydrogen-bond donors (Lipinski definition) is 3. The number of rotatable bonds is 6. The zero-order valence-electron chi connectivity index (χ0n) is 16.8. The van der Waals surface area contributed by atoms with E-state index in [1.807, 2.05) is 18.7 Å². The van der Waals surface area contributed by atoms with Gasteiger partial charge < -0.3 is 16.0 Å². The molecular formula is C19H28FIN6O. The van der Waals surface area contributed by atoms with Crippen LogP contribution in [0.3, 0.4) is 0 Å². The average Bonchev–Trinajstić information content (AvgIpc) is 2.86. The number of carbonyl (C=O) groups excluding carboxylic acids is 1. The molecule has 2 aromatic rings. The maximum atomic E-state index is 12.9. The number of nitrogens with zero attached hydrogens (tertiary/aromatic N) is 3. The molecule has 154 valence electrons. The zero-order valence-corrected chi connectivity index (χ0v) is 19.2. The predicted octanol–water partition coefficient (Wildman–Crippen LogP) is 2.53. The van der Waals surface area contributed by atoms with E-state index < -0.39 is 0 Å². The van der Waals surface area contributed by atoms with Crippen LogP contribution in [0.1, 0.15) is 23.9 Å². The maximum absolute atomic E-state index is 12.9. The van der Waals surface area contributed by atoms with Crippen molar-refractivity contribution >= 4 is 41.5 Å². The molecule has 1 heterocycles. The minimum atomic E-state index is -0.344. The van der Waals surface area contributed by atoms with E-state index >= 15 is 0 Å². The lowest BCUT2D eigenvalue weighted by atomic mass is 10.1. The van der Waals surface area contributed by atoms with Crippen molar-refractivity contribution in [2.75, 3.05) is 18.9 Å². The highest BCUT2D eigenvalue weighted by molar-refractivity contribution is 14.0. The molecule has 0 aliphatic carbocycles. The van der Waals surface area contributed by atoms with Crippen molar-refractivity contribution in [2.24, 2.45) is 12.0 Å². The minimum Gasteiger partial charge on any atom is -0.354 e. The molecule has 0 aliphatic heterocycles. The number of aliphatic imine (C=N–C) groups is 1. The van der Waals surface area contributed by atoms with Gasteiger partial charge in [0.2, 0.25) is 5.91 Å². The van der Waals surface area contributed by atoms with Gasteiger partial charge in [0, 0.05) is 31.5 Å². The fraction of sp³-hybridized carbons (Fsp3) is 0.421. The molecule has 0 saturated carbocycles. The normalized spacial score (nSPS) is 12.1. The zero-order chi connectivity index (χ0) is 20.0. The number of guanidine groups is 1. The Balaban J connectivity index is 0.00000392. The summed E-state index contributed by atoms with van der Waals surface area (Å²) in [6.45, 7) is 6.16. The quantitative estimate of drug-likeness (QED) is 0.322. The molecule has 7 nitrogen and oxygen atoms in total. The summed E-state index contributed by atoms with van der Waals surface area (Å²) in [6, 6.07) is 5.74. The van der Waals surface area contributed by atoms with Crippen LogP contribution < -0.4 is 16.0 Å². The molecule has 28 heavy (non-hydrogen) atoms. The number of anilines is 1. The molecule has 1 aromatic carbocycles. The van der Waals surface area contributed by atoms with Crippen LogP contribution in [0.5, 0.6) is 0 Å². The standard InChI is InChI=1S/C19H27FN6O.HI/c1-12(10-17-13(2)25-26(5)14(17)3)23-19(21-4)22-11-18(27)24-16-8-6-15(20)7-9-16;/h6-9,12H,10-11H2,1-5H3,(H,24,27)(H2,21,22,23);1H. The highest BCUT2D eigenvalue weighted by Crippen LogP contribution is 2.14. The highest BCUT2D eigenvalue weighted by Gasteiger charge is 2.14. The van der Waals surface area contributed by atoms with Crippen LogP contribution in [0.15, 0.2) is 29.3 Å². The lowest BCUT2D eigenvalue weighted by Gasteiger charge is -2.18. The minimum absolute atomic E-state index is 0. The summed E-state index contributed by atoms with van der Waals surface area (Å²) >= 11 is 0. The smallest absolute Gasteiger partial charge is 0.243 e. The van der Waals surface area contributed by atoms with Gasteiger partial charge in [-0.15, -0.1) is 24.0 Å². The Morgan fingerprint density at radius 1 is 1.29 bits per heavy atom. The lowest BCUT2D eigenvalue weighted by molar-refractivity contribution is -0.115. The summed E-state index contributed by atoms with van der Waals surface area (Å²) in [6.07, 6.45) is 0.800. The van der Waals surface area contributed by atoms with Gasteiger partial charge in [0.1, 0.15) is 5.82 Å². The van der Waals surface area contributed by atoms with E-state index in [1.54, 1.807) is 7.05 Å². The van der Waals surface area contributed by atoms with E-state index in [9.17, 15) is 9.18 Å². The van der Waals surface area contributed by atoms with Gasteiger partial charge in [-0.2, -0.15) is 5.10 Å². The number of halogens is 2. The molecule has 0 spiro atoms. The van der Waals surface area contributed by atoms with Gasteiger partial charge in [-0.05, 0) is 57.0 Å². The molecule has 1 amide bonds.